The van der Waals surface area contributed by atoms with Gasteiger partial charge in [0.15, 0.2) is 16.6 Å². The molecule has 0 bridgehead atoms. The maximum absolute atomic E-state index is 12.4. The largest absolute Gasteiger partial charge is 0.465 e. The molecule has 4 rings (SSSR count). The second-order valence-corrected chi connectivity index (χ2v) is 6.83. The van der Waals surface area contributed by atoms with Gasteiger partial charge in [-0.15, -0.1) is 21.5 Å². The summed E-state index contributed by atoms with van der Waals surface area (Å²) in [4.78, 5) is 33.6. The summed E-state index contributed by atoms with van der Waals surface area (Å²) in [7, 11) is 0. The van der Waals surface area contributed by atoms with Crippen molar-refractivity contribution in [1.29, 1.82) is 0 Å². The number of carbonyl (C=O) groups is 2. The van der Waals surface area contributed by atoms with Crippen LogP contribution in [0.25, 0.3) is 5.82 Å². The van der Waals surface area contributed by atoms with Gasteiger partial charge >= 0.3 is 5.97 Å². The quantitative estimate of drug-likeness (QED) is 0.653. The van der Waals surface area contributed by atoms with Crippen LogP contribution in [-0.2, 0) is 16.0 Å². The highest BCUT2D eigenvalue weighted by Crippen LogP contribution is 2.39. The first-order chi connectivity index (χ1) is 13.2. The van der Waals surface area contributed by atoms with Crippen molar-refractivity contribution in [1.82, 2.24) is 29.9 Å². The zero-order chi connectivity index (χ0) is 18.8. The molecule has 1 atom stereocenters. The zero-order valence-corrected chi connectivity index (χ0v) is 15.1. The van der Waals surface area contributed by atoms with E-state index >= 15 is 0 Å². The minimum Gasteiger partial charge on any atom is -0.465 e. The Hall–Kier alpha value is -3.21. The van der Waals surface area contributed by atoms with Crippen molar-refractivity contribution in [2.75, 3.05) is 11.9 Å². The first kappa shape index (κ1) is 17.2. The summed E-state index contributed by atoms with van der Waals surface area (Å²) in [6, 6.07) is 3.16. The Morgan fingerprint density at radius 2 is 2.26 bits per heavy atom. The lowest BCUT2D eigenvalue weighted by Gasteiger charge is -2.07. The van der Waals surface area contributed by atoms with Crippen LogP contribution in [0.1, 0.15) is 40.3 Å². The number of aromatic nitrogens is 6. The lowest BCUT2D eigenvalue weighted by atomic mass is 10.1. The average Bonchev–Trinajstić information content (AvgIpc) is 3.39. The monoisotopic (exact) mass is 385 g/mol. The third kappa shape index (κ3) is 3.40. The second-order valence-electron chi connectivity index (χ2n) is 5.74. The smallest absolute Gasteiger partial charge is 0.315 e. The molecule has 0 aromatic carbocycles. The van der Waals surface area contributed by atoms with Gasteiger partial charge in [-0.25, -0.2) is 14.6 Å². The minimum atomic E-state index is -0.423. The number of rotatable bonds is 5. The maximum atomic E-state index is 12.4. The summed E-state index contributed by atoms with van der Waals surface area (Å²) < 4.78 is 6.53. The fraction of sp³-hybridized carbons (Fsp3) is 0.312. The van der Waals surface area contributed by atoms with Gasteiger partial charge in [-0.3, -0.25) is 14.9 Å². The van der Waals surface area contributed by atoms with Crippen molar-refractivity contribution in [3.05, 3.63) is 41.1 Å². The van der Waals surface area contributed by atoms with E-state index in [1.54, 1.807) is 19.1 Å². The van der Waals surface area contributed by atoms with Crippen molar-refractivity contribution >= 4 is 28.3 Å². The first-order valence-corrected chi connectivity index (χ1v) is 9.13. The van der Waals surface area contributed by atoms with Gasteiger partial charge in [0, 0.05) is 4.88 Å². The SMILES string of the molecule is CCOC(=O)[C@@H]1CCc2sc(NC(=O)c3ccc(-n4cncn4)nn3)nc21. The van der Waals surface area contributed by atoms with Crippen LogP contribution >= 0.6 is 11.3 Å². The van der Waals surface area contributed by atoms with Crippen molar-refractivity contribution in [3.63, 3.8) is 0 Å². The Morgan fingerprint density at radius 3 is 2.96 bits per heavy atom. The number of hydrogen-bond donors (Lipinski definition) is 1. The lowest BCUT2D eigenvalue weighted by Crippen LogP contribution is -2.16. The number of amides is 1. The van der Waals surface area contributed by atoms with Gasteiger partial charge in [0.2, 0.25) is 0 Å². The van der Waals surface area contributed by atoms with Gasteiger partial charge in [0.1, 0.15) is 18.6 Å². The Bertz CT molecular complexity index is 969. The van der Waals surface area contributed by atoms with Crippen molar-refractivity contribution < 1.29 is 14.3 Å². The van der Waals surface area contributed by atoms with Gasteiger partial charge in [-0.1, -0.05) is 0 Å². The van der Waals surface area contributed by atoms with Crippen LogP contribution in [0.4, 0.5) is 5.13 Å². The van der Waals surface area contributed by atoms with Gasteiger partial charge in [0.05, 0.1) is 12.3 Å². The molecule has 0 unspecified atom stereocenters. The normalized spacial score (nSPS) is 15.4. The second kappa shape index (κ2) is 7.19. The van der Waals surface area contributed by atoms with Crippen LogP contribution in [0, 0.1) is 0 Å². The lowest BCUT2D eigenvalue weighted by molar-refractivity contribution is -0.145. The molecule has 0 aliphatic heterocycles. The van der Waals surface area contributed by atoms with E-state index in [-0.39, 0.29) is 17.6 Å². The van der Waals surface area contributed by atoms with E-state index in [0.717, 1.165) is 11.3 Å². The molecule has 0 spiro atoms. The van der Waals surface area contributed by atoms with E-state index < -0.39 is 5.91 Å². The van der Waals surface area contributed by atoms with E-state index in [9.17, 15) is 9.59 Å². The van der Waals surface area contributed by atoms with E-state index in [2.05, 4.69) is 30.6 Å². The number of carbonyl (C=O) groups excluding carboxylic acids is 2. The number of nitrogens with zero attached hydrogens (tertiary/aromatic N) is 6. The summed E-state index contributed by atoms with van der Waals surface area (Å²) in [6.07, 6.45) is 4.31. The number of nitrogens with one attached hydrogen (secondary N) is 1. The molecule has 1 N–H and O–H groups in total. The number of ether oxygens (including phenoxy) is 1. The number of anilines is 1. The van der Waals surface area contributed by atoms with E-state index in [0.29, 0.717) is 29.7 Å². The molecule has 0 saturated heterocycles. The van der Waals surface area contributed by atoms with Crippen LogP contribution in [0.2, 0.25) is 0 Å². The molecule has 1 aliphatic rings. The van der Waals surface area contributed by atoms with Crippen LogP contribution in [0.5, 0.6) is 0 Å². The molecule has 0 saturated carbocycles. The third-order valence-corrected chi connectivity index (χ3v) is 5.09. The van der Waals surface area contributed by atoms with E-state index in [1.807, 2.05) is 0 Å². The molecular weight excluding hydrogens is 370 g/mol. The van der Waals surface area contributed by atoms with E-state index in [1.165, 1.54) is 28.7 Å². The summed E-state index contributed by atoms with van der Waals surface area (Å²) in [5, 5.41) is 15.0. The Kier molecular flexibility index (Phi) is 4.59. The number of hydrogen-bond acceptors (Lipinski definition) is 9. The molecule has 1 aliphatic carbocycles. The van der Waals surface area contributed by atoms with Crippen molar-refractivity contribution in [2.24, 2.45) is 0 Å². The topological polar surface area (TPSA) is 125 Å². The molecule has 10 nitrogen and oxygen atoms in total. The minimum absolute atomic E-state index is 0.149. The summed E-state index contributed by atoms with van der Waals surface area (Å²) >= 11 is 1.36. The molecule has 1 amide bonds. The predicted octanol–water partition coefficient (Wildman–Crippen LogP) is 1.36. The predicted molar refractivity (Wildman–Crippen MR) is 94.7 cm³/mol. The maximum Gasteiger partial charge on any atom is 0.315 e. The van der Waals surface area contributed by atoms with Crippen LogP contribution in [0.3, 0.4) is 0 Å². The van der Waals surface area contributed by atoms with Gasteiger partial charge in [-0.2, -0.15) is 5.10 Å². The molecule has 0 fully saturated rings. The molecule has 27 heavy (non-hydrogen) atoms. The van der Waals surface area contributed by atoms with Gasteiger partial charge in [0.25, 0.3) is 5.91 Å². The van der Waals surface area contributed by atoms with Crippen molar-refractivity contribution in [2.45, 2.75) is 25.7 Å². The molecular formula is C16H15N7O3S. The highest BCUT2D eigenvalue weighted by Gasteiger charge is 2.33. The summed E-state index contributed by atoms with van der Waals surface area (Å²) in [5.74, 6) is -0.597. The van der Waals surface area contributed by atoms with Crippen LogP contribution in [0.15, 0.2) is 24.8 Å². The fourth-order valence-corrected chi connectivity index (χ4v) is 3.84. The number of thiazole rings is 1. The number of fused-ring (bicyclic) bond motifs is 1. The Balaban J connectivity index is 1.46. The molecule has 3 heterocycles. The summed E-state index contributed by atoms with van der Waals surface area (Å²) in [5.41, 5.74) is 0.845. The summed E-state index contributed by atoms with van der Waals surface area (Å²) in [6.45, 7) is 2.11. The molecule has 3 aromatic rings. The Morgan fingerprint density at radius 1 is 1.37 bits per heavy atom. The zero-order valence-electron chi connectivity index (χ0n) is 14.3. The number of aryl methyl sites for hydroxylation is 1. The Labute approximate surface area is 157 Å². The van der Waals surface area contributed by atoms with Crippen molar-refractivity contribution in [3.8, 4) is 5.82 Å². The van der Waals surface area contributed by atoms with Crippen LogP contribution < -0.4 is 5.32 Å². The highest BCUT2D eigenvalue weighted by molar-refractivity contribution is 7.16. The first-order valence-electron chi connectivity index (χ1n) is 8.32. The fourth-order valence-electron chi connectivity index (χ4n) is 2.81. The molecule has 0 radical (unpaired) electrons. The average molecular weight is 385 g/mol. The molecule has 3 aromatic heterocycles. The third-order valence-electron chi connectivity index (χ3n) is 4.05. The highest BCUT2D eigenvalue weighted by atomic mass is 32.1. The van der Waals surface area contributed by atoms with Crippen LogP contribution in [-0.4, -0.2) is 48.4 Å². The number of esters is 1. The van der Waals surface area contributed by atoms with Gasteiger partial charge in [-0.05, 0) is 31.9 Å². The molecule has 11 heteroatoms. The van der Waals surface area contributed by atoms with E-state index in [4.69, 9.17) is 4.74 Å². The standard InChI is InChI=1S/C16H15N7O3S/c1-2-26-15(25)9-3-5-11-13(9)19-16(27-11)20-14(24)10-4-6-12(22-21-10)23-8-17-7-18-23/h4,6-9H,2-3,5H2,1H3,(H,19,20,24)/t9-/m1/s1. The van der Waals surface area contributed by atoms with Gasteiger partial charge < -0.3 is 4.74 Å². The molecule has 138 valence electrons.